The van der Waals surface area contributed by atoms with Crippen LogP contribution in [0.2, 0.25) is 0 Å². The largest absolute Gasteiger partial charge is 0.477 e. The van der Waals surface area contributed by atoms with Crippen LogP contribution in [0.4, 0.5) is 5.69 Å². The smallest absolute Gasteiger partial charge is 0.278 e. The van der Waals surface area contributed by atoms with Crippen molar-refractivity contribution >= 4 is 28.8 Å². The van der Waals surface area contributed by atoms with Crippen molar-refractivity contribution in [3.8, 4) is 5.75 Å². The zero-order chi connectivity index (χ0) is 19.4. The van der Waals surface area contributed by atoms with Crippen LogP contribution in [0.1, 0.15) is 42.2 Å². The maximum Gasteiger partial charge on any atom is 0.278 e. The summed E-state index contributed by atoms with van der Waals surface area (Å²) in [7, 11) is 0. The summed E-state index contributed by atoms with van der Waals surface area (Å²) in [5, 5.41) is 5.39. The second-order valence-electron chi connectivity index (χ2n) is 6.34. The summed E-state index contributed by atoms with van der Waals surface area (Å²) in [6.07, 6.45) is 0.918. The number of para-hydroxylation sites is 2. The Balaban J connectivity index is 1.86. The number of ether oxygens (including phenoxy) is 1. The van der Waals surface area contributed by atoms with E-state index in [-0.39, 0.29) is 30.9 Å². The molecule has 0 radical (unpaired) electrons. The topological polar surface area (TPSA) is 97.6 Å². The molecule has 0 fully saturated rings. The number of thiazole rings is 1. The number of hydrogen-bond donors (Lipinski definition) is 2. The van der Waals surface area contributed by atoms with E-state index in [1.165, 1.54) is 11.3 Å². The van der Waals surface area contributed by atoms with Gasteiger partial charge in [-0.25, -0.2) is 4.98 Å². The molecule has 1 aliphatic heterocycles. The van der Waals surface area contributed by atoms with Gasteiger partial charge in [0.2, 0.25) is 0 Å². The Bertz CT molecular complexity index is 819. The molecule has 2 heterocycles. The molecule has 2 aromatic rings. The SMILES string of the molecule is CCC(CC)NC(=O)C1CN(C(=O)c2csc(CN)n2)c2ccccc2O1. The summed E-state index contributed by atoms with van der Waals surface area (Å²) < 4.78 is 5.88. The molecule has 3 N–H and O–H groups in total. The predicted octanol–water partition coefficient (Wildman–Crippen LogP) is 2.31. The normalized spacial score (nSPS) is 16.0. The summed E-state index contributed by atoms with van der Waals surface area (Å²) in [4.78, 5) is 31.6. The lowest BCUT2D eigenvalue weighted by Gasteiger charge is -2.34. The van der Waals surface area contributed by atoms with Crippen LogP contribution in [0.15, 0.2) is 29.6 Å². The zero-order valence-electron chi connectivity index (χ0n) is 15.5. The number of benzene rings is 1. The second-order valence-corrected chi connectivity index (χ2v) is 7.29. The van der Waals surface area contributed by atoms with Gasteiger partial charge in [-0.1, -0.05) is 26.0 Å². The van der Waals surface area contributed by atoms with E-state index in [1.807, 2.05) is 26.0 Å². The van der Waals surface area contributed by atoms with Crippen molar-refractivity contribution in [2.75, 3.05) is 11.4 Å². The minimum absolute atomic E-state index is 0.0908. The number of fused-ring (bicyclic) bond motifs is 1. The molecular weight excluding hydrogens is 364 g/mol. The molecular formula is C19H24N4O3S. The molecule has 1 atom stereocenters. The molecule has 0 saturated carbocycles. The third-order valence-electron chi connectivity index (χ3n) is 4.59. The van der Waals surface area contributed by atoms with Crippen LogP contribution < -0.4 is 20.7 Å². The fourth-order valence-corrected chi connectivity index (χ4v) is 3.64. The monoisotopic (exact) mass is 388 g/mol. The van der Waals surface area contributed by atoms with Gasteiger partial charge in [-0.3, -0.25) is 14.5 Å². The summed E-state index contributed by atoms with van der Waals surface area (Å²) >= 11 is 1.35. The van der Waals surface area contributed by atoms with E-state index in [4.69, 9.17) is 10.5 Å². The number of amides is 2. The van der Waals surface area contributed by atoms with Gasteiger partial charge < -0.3 is 15.8 Å². The van der Waals surface area contributed by atoms with Gasteiger partial charge in [-0.15, -0.1) is 11.3 Å². The summed E-state index contributed by atoms with van der Waals surface area (Å²) in [6, 6.07) is 7.31. The molecule has 27 heavy (non-hydrogen) atoms. The molecule has 0 aliphatic carbocycles. The Morgan fingerprint density at radius 2 is 2.11 bits per heavy atom. The number of anilines is 1. The van der Waals surface area contributed by atoms with E-state index in [9.17, 15) is 9.59 Å². The van der Waals surface area contributed by atoms with Crippen molar-refractivity contribution in [1.82, 2.24) is 10.3 Å². The third kappa shape index (κ3) is 4.12. The highest BCUT2D eigenvalue weighted by atomic mass is 32.1. The molecule has 1 unspecified atom stereocenters. The Morgan fingerprint density at radius 1 is 1.37 bits per heavy atom. The molecule has 2 amide bonds. The van der Waals surface area contributed by atoms with Gasteiger partial charge in [0, 0.05) is 18.0 Å². The van der Waals surface area contributed by atoms with Crippen LogP contribution in [0, 0.1) is 0 Å². The average Bonchev–Trinajstić information content (AvgIpc) is 3.19. The van der Waals surface area contributed by atoms with Crippen LogP contribution >= 0.6 is 11.3 Å². The highest BCUT2D eigenvalue weighted by Crippen LogP contribution is 2.34. The fourth-order valence-electron chi connectivity index (χ4n) is 2.99. The van der Waals surface area contributed by atoms with Gasteiger partial charge in [0.25, 0.3) is 11.8 Å². The Morgan fingerprint density at radius 3 is 2.78 bits per heavy atom. The van der Waals surface area contributed by atoms with Gasteiger partial charge in [0.1, 0.15) is 16.5 Å². The average molecular weight is 388 g/mol. The zero-order valence-corrected chi connectivity index (χ0v) is 16.3. The highest BCUT2D eigenvalue weighted by Gasteiger charge is 2.35. The standard InChI is InChI=1S/C19H24N4O3S/c1-3-12(4-2)21-18(24)16-10-23(14-7-5-6-8-15(14)26-16)19(25)13-11-27-17(9-20)22-13/h5-8,11-12,16H,3-4,9-10,20H2,1-2H3,(H,21,24). The quantitative estimate of drug-likeness (QED) is 0.791. The van der Waals surface area contributed by atoms with E-state index >= 15 is 0 Å². The maximum atomic E-state index is 13.0. The first-order valence-electron chi connectivity index (χ1n) is 9.09. The van der Waals surface area contributed by atoms with E-state index in [2.05, 4.69) is 10.3 Å². The van der Waals surface area contributed by atoms with Crippen molar-refractivity contribution in [3.05, 3.63) is 40.3 Å². The van der Waals surface area contributed by atoms with Crippen molar-refractivity contribution in [3.63, 3.8) is 0 Å². The number of carbonyl (C=O) groups excluding carboxylic acids is 2. The number of hydrogen-bond acceptors (Lipinski definition) is 6. The summed E-state index contributed by atoms with van der Waals surface area (Å²) in [5.74, 6) is 0.0371. The van der Waals surface area contributed by atoms with Crippen molar-refractivity contribution in [1.29, 1.82) is 0 Å². The van der Waals surface area contributed by atoms with Crippen LogP contribution in [-0.4, -0.2) is 35.5 Å². The van der Waals surface area contributed by atoms with Crippen LogP contribution in [0.3, 0.4) is 0 Å². The lowest BCUT2D eigenvalue weighted by molar-refractivity contribution is -0.128. The van der Waals surface area contributed by atoms with Crippen LogP contribution in [0.5, 0.6) is 5.75 Å². The van der Waals surface area contributed by atoms with Gasteiger partial charge in [0.15, 0.2) is 6.10 Å². The molecule has 0 spiro atoms. The van der Waals surface area contributed by atoms with E-state index < -0.39 is 6.10 Å². The third-order valence-corrected chi connectivity index (χ3v) is 5.46. The number of rotatable bonds is 6. The van der Waals surface area contributed by atoms with Crippen molar-refractivity contribution < 1.29 is 14.3 Å². The minimum Gasteiger partial charge on any atom is -0.477 e. The summed E-state index contributed by atoms with van der Waals surface area (Å²) in [6.45, 7) is 4.48. The van der Waals surface area contributed by atoms with Gasteiger partial charge in [-0.2, -0.15) is 0 Å². The molecule has 3 rings (SSSR count). The van der Waals surface area contributed by atoms with Crippen molar-refractivity contribution in [2.24, 2.45) is 5.73 Å². The first-order valence-corrected chi connectivity index (χ1v) is 9.97. The number of aromatic nitrogens is 1. The molecule has 1 aromatic carbocycles. The number of nitrogens with zero attached hydrogens (tertiary/aromatic N) is 2. The molecule has 0 saturated heterocycles. The van der Waals surface area contributed by atoms with Gasteiger partial charge >= 0.3 is 0 Å². The van der Waals surface area contributed by atoms with E-state index in [1.54, 1.807) is 22.4 Å². The van der Waals surface area contributed by atoms with Crippen LogP contribution in [-0.2, 0) is 11.3 Å². The number of nitrogens with one attached hydrogen (secondary N) is 1. The lowest BCUT2D eigenvalue weighted by atomic mass is 10.1. The Kier molecular flexibility index (Phi) is 6.08. The second kappa shape index (κ2) is 8.49. The fraction of sp³-hybridized carbons (Fsp3) is 0.421. The highest BCUT2D eigenvalue weighted by molar-refractivity contribution is 7.09. The number of carbonyl (C=O) groups is 2. The van der Waals surface area contributed by atoms with E-state index in [0.717, 1.165) is 12.8 Å². The summed E-state index contributed by atoms with van der Waals surface area (Å²) in [5.41, 5.74) is 6.57. The number of nitrogens with two attached hydrogens (primary N) is 1. The molecule has 7 nitrogen and oxygen atoms in total. The van der Waals surface area contributed by atoms with Crippen molar-refractivity contribution in [2.45, 2.75) is 45.4 Å². The first kappa shape index (κ1) is 19.3. The lowest BCUT2D eigenvalue weighted by Crippen LogP contribution is -2.52. The van der Waals surface area contributed by atoms with E-state index in [0.29, 0.717) is 22.1 Å². The van der Waals surface area contributed by atoms with Crippen LogP contribution in [0.25, 0.3) is 0 Å². The molecule has 1 aliphatic rings. The molecule has 8 heteroatoms. The molecule has 0 bridgehead atoms. The Labute approximate surface area is 162 Å². The Hall–Kier alpha value is -2.45. The first-order chi connectivity index (χ1) is 13.1. The van der Waals surface area contributed by atoms with Gasteiger partial charge in [0.05, 0.1) is 12.2 Å². The predicted molar refractivity (Wildman–Crippen MR) is 105 cm³/mol. The maximum absolute atomic E-state index is 13.0. The minimum atomic E-state index is -0.767. The molecule has 144 valence electrons. The molecule has 1 aromatic heterocycles. The van der Waals surface area contributed by atoms with Gasteiger partial charge in [-0.05, 0) is 25.0 Å².